The predicted molar refractivity (Wildman–Crippen MR) is 253 cm³/mol. The van der Waals surface area contributed by atoms with Gasteiger partial charge in [-0.15, -0.1) is 0 Å². The zero-order chi connectivity index (χ0) is 47.6. The summed E-state index contributed by atoms with van der Waals surface area (Å²) in [7, 11) is 1.50. The van der Waals surface area contributed by atoms with Gasteiger partial charge in [0, 0.05) is 39.9 Å². The third-order valence-corrected chi connectivity index (χ3v) is 23.3. The first-order valence-electron chi connectivity index (χ1n) is 25.5. The van der Waals surface area contributed by atoms with E-state index in [0.29, 0.717) is 35.0 Å². The van der Waals surface area contributed by atoms with Crippen molar-refractivity contribution in [1.29, 1.82) is 0 Å². The summed E-state index contributed by atoms with van der Waals surface area (Å²) in [6, 6.07) is 1.91. The Bertz CT molecular complexity index is 2630. The summed E-state index contributed by atoms with van der Waals surface area (Å²) in [6.45, 7) is 27.0. The molecule has 0 spiro atoms. The molecule has 14 atom stereocenters. The quantitative estimate of drug-likeness (QED) is 0.277. The fraction of sp³-hybridized carbons (Fsp3) is 0.690. The summed E-state index contributed by atoms with van der Waals surface area (Å²) in [5, 5.41) is 12.8. The lowest BCUT2D eigenvalue weighted by atomic mass is 9.34. The topological polar surface area (TPSA) is 116 Å². The van der Waals surface area contributed by atoms with Gasteiger partial charge in [0.15, 0.2) is 17.3 Å². The molecule has 354 valence electrons. The zero-order valence-electron chi connectivity index (χ0n) is 42.1. The molecule has 0 radical (unpaired) electrons. The molecule has 8 nitrogen and oxygen atoms in total. The minimum Gasteiger partial charge on any atom is -0.471 e. The number of hydrogen-bond acceptors (Lipinski definition) is 8. The van der Waals surface area contributed by atoms with Gasteiger partial charge in [-0.25, -0.2) is 0 Å². The molecule has 1 aromatic carbocycles. The van der Waals surface area contributed by atoms with Crippen LogP contribution in [0.25, 0.3) is 0 Å². The second-order valence-electron chi connectivity index (χ2n) is 26.3. The van der Waals surface area contributed by atoms with E-state index in [1.54, 1.807) is 13.0 Å². The number of esters is 1. The SMILES string of the molecule is COC(=O)[C@]1(C)CC[C@]2(C)CC[C@]3(C)C4=CC(=O)c5c(cc6c(c5C)O[C@@]5(C)C7=CC=C8[C@@](C)(CC[C@@]9(C)[C@@H]%10C[C@@H](C)C(=O)C[C@]%10(C)CC[C@]89C)C7=CC(=O)[C@@]5(O)O6)[C@]4(C)CC[C@@]3(C)[C@@H]2C1. The highest BCUT2D eigenvalue weighted by Crippen LogP contribution is 2.77. The van der Waals surface area contributed by atoms with Crippen LogP contribution >= 0.6 is 0 Å². The number of methoxy groups -OCH3 is 1. The molecule has 6 saturated carbocycles. The molecule has 9 aliphatic carbocycles. The van der Waals surface area contributed by atoms with Crippen molar-refractivity contribution in [1.82, 2.24) is 0 Å². The molecule has 0 amide bonds. The van der Waals surface area contributed by atoms with Crippen LogP contribution in [0, 0.1) is 68.0 Å². The van der Waals surface area contributed by atoms with Gasteiger partial charge >= 0.3 is 11.8 Å². The maximum Gasteiger partial charge on any atom is 0.317 e. The van der Waals surface area contributed by atoms with Crippen LogP contribution in [0.5, 0.6) is 11.5 Å². The van der Waals surface area contributed by atoms with Crippen LogP contribution in [0.2, 0.25) is 0 Å². The van der Waals surface area contributed by atoms with E-state index in [1.165, 1.54) is 12.7 Å². The largest absolute Gasteiger partial charge is 0.471 e. The Morgan fingerprint density at radius 2 is 1.33 bits per heavy atom. The number of ketones is 3. The lowest BCUT2D eigenvalue weighted by Crippen LogP contribution is -2.70. The van der Waals surface area contributed by atoms with Crippen molar-refractivity contribution in [3.63, 3.8) is 0 Å². The average Bonchev–Trinajstić information content (AvgIpc) is 3.25. The minimum absolute atomic E-state index is 0.0161. The Morgan fingerprint density at radius 3 is 2.02 bits per heavy atom. The van der Waals surface area contributed by atoms with Crippen LogP contribution in [-0.4, -0.2) is 46.9 Å². The van der Waals surface area contributed by atoms with E-state index in [-0.39, 0.29) is 61.8 Å². The molecule has 11 rings (SSSR count). The molecule has 1 heterocycles. The van der Waals surface area contributed by atoms with E-state index in [9.17, 15) is 24.3 Å². The summed E-state index contributed by atoms with van der Waals surface area (Å²) in [4.78, 5) is 56.2. The molecule has 6 fully saturated rings. The Kier molecular flexibility index (Phi) is 8.73. The van der Waals surface area contributed by atoms with Crippen LogP contribution in [-0.2, 0) is 24.5 Å². The Morgan fingerprint density at radius 1 is 0.712 bits per heavy atom. The fourth-order valence-corrected chi connectivity index (χ4v) is 18.4. The van der Waals surface area contributed by atoms with Gasteiger partial charge in [-0.05, 0) is 177 Å². The van der Waals surface area contributed by atoms with Crippen molar-refractivity contribution in [2.24, 2.45) is 61.1 Å². The molecule has 0 aromatic heterocycles. The molecule has 0 unspecified atom stereocenters. The van der Waals surface area contributed by atoms with Gasteiger partial charge < -0.3 is 19.3 Å². The molecular formula is C58H74O8. The van der Waals surface area contributed by atoms with E-state index in [0.717, 1.165) is 99.3 Å². The molecule has 66 heavy (non-hydrogen) atoms. The molecule has 1 aromatic rings. The van der Waals surface area contributed by atoms with Crippen LogP contribution in [0.4, 0.5) is 0 Å². The first-order chi connectivity index (χ1) is 30.6. The van der Waals surface area contributed by atoms with Crippen molar-refractivity contribution < 1.29 is 38.5 Å². The molecule has 10 aliphatic rings. The first-order valence-corrected chi connectivity index (χ1v) is 25.5. The smallest absolute Gasteiger partial charge is 0.317 e. The standard InChI is InChI=1S/C58H74O8/c1-32-26-41-49(4,30-38(32)60)19-23-53(8)40-15-14-34-35(51(40,6)20-24-54(41,53)9)28-44(61)58(63)57(34,12)66-46-33(2)45-36(27-39(46)65-58)52(7)21-25-56(11)43-31-50(5,47(62)64-13)17-16-48(43,3)18-22-55(56,10)42(52)29-37(45)59/h14-15,27-29,32,41,43,63H,16-26,30-31H2,1-13H3/t32-,41-,43-,48-,49+,50-,51+,52+,53-,54+,55-,56+,57+,58-/m1/s1. The van der Waals surface area contributed by atoms with Gasteiger partial charge in [0.1, 0.15) is 5.78 Å². The van der Waals surface area contributed by atoms with Gasteiger partial charge in [0.25, 0.3) is 0 Å². The number of rotatable bonds is 1. The molecule has 8 heteroatoms. The number of benzene rings is 1. The van der Waals surface area contributed by atoms with Crippen molar-refractivity contribution in [3.8, 4) is 11.5 Å². The van der Waals surface area contributed by atoms with E-state index >= 15 is 0 Å². The lowest BCUT2D eigenvalue weighted by Gasteiger charge is -2.69. The second kappa shape index (κ2) is 12.9. The summed E-state index contributed by atoms with van der Waals surface area (Å²) >= 11 is 0. The summed E-state index contributed by atoms with van der Waals surface area (Å²) in [6.07, 6.45) is 19.5. The number of aliphatic hydroxyl groups is 1. The number of carbonyl (C=O) groups excluding carboxylic acids is 4. The second-order valence-corrected chi connectivity index (χ2v) is 26.3. The molecule has 0 saturated heterocycles. The minimum atomic E-state index is -2.35. The highest BCUT2D eigenvalue weighted by atomic mass is 16.7. The fourth-order valence-electron chi connectivity index (χ4n) is 18.4. The number of allylic oxidation sites excluding steroid dienone is 5. The average molecular weight is 899 g/mol. The number of fused-ring (bicyclic) bond motifs is 17. The molecule has 0 bridgehead atoms. The van der Waals surface area contributed by atoms with E-state index < -0.39 is 33.4 Å². The lowest BCUT2D eigenvalue weighted by molar-refractivity contribution is -0.231. The van der Waals surface area contributed by atoms with Crippen molar-refractivity contribution in [2.75, 3.05) is 7.11 Å². The summed E-state index contributed by atoms with van der Waals surface area (Å²) in [5.74, 6) is -1.24. The van der Waals surface area contributed by atoms with Crippen LogP contribution in [0.3, 0.4) is 0 Å². The maximum atomic E-state index is 14.9. The Labute approximate surface area is 392 Å². The van der Waals surface area contributed by atoms with Crippen LogP contribution in [0.15, 0.2) is 52.7 Å². The van der Waals surface area contributed by atoms with Gasteiger partial charge in [0.05, 0.1) is 12.5 Å². The maximum absolute atomic E-state index is 14.9. The summed E-state index contributed by atoms with van der Waals surface area (Å²) in [5.41, 5.74) is 2.48. The number of Topliss-reactive ketones (excluding diaryl/α,β-unsaturated/α-hetero) is 1. The highest BCUT2D eigenvalue weighted by Gasteiger charge is 2.72. The Hall–Kier alpha value is -3.78. The molecular weight excluding hydrogens is 825 g/mol. The zero-order valence-corrected chi connectivity index (χ0v) is 42.1. The predicted octanol–water partition coefficient (Wildman–Crippen LogP) is 11.8. The van der Waals surface area contributed by atoms with Gasteiger partial charge in [-0.1, -0.05) is 80.0 Å². The van der Waals surface area contributed by atoms with Crippen LogP contribution in [0.1, 0.15) is 181 Å². The van der Waals surface area contributed by atoms with E-state index in [4.69, 9.17) is 14.2 Å². The van der Waals surface area contributed by atoms with E-state index in [1.807, 2.05) is 19.1 Å². The van der Waals surface area contributed by atoms with Crippen molar-refractivity contribution >= 4 is 23.3 Å². The third kappa shape index (κ3) is 4.92. The first kappa shape index (κ1) is 44.7. The highest BCUT2D eigenvalue weighted by molar-refractivity contribution is 6.10. The molecule has 1 aliphatic heterocycles. The van der Waals surface area contributed by atoms with Crippen molar-refractivity contribution in [2.45, 2.75) is 183 Å². The number of ether oxygens (including phenoxy) is 3. The third-order valence-electron chi connectivity index (χ3n) is 23.3. The monoisotopic (exact) mass is 899 g/mol. The van der Waals surface area contributed by atoms with E-state index in [2.05, 4.69) is 81.4 Å². The van der Waals surface area contributed by atoms with Crippen LogP contribution < -0.4 is 9.47 Å². The Balaban J connectivity index is 0.976. The summed E-state index contributed by atoms with van der Waals surface area (Å²) < 4.78 is 19.3. The van der Waals surface area contributed by atoms with Gasteiger partial charge in [-0.2, -0.15) is 0 Å². The number of hydrogen-bond donors (Lipinski definition) is 1. The van der Waals surface area contributed by atoms with Gasteiger partial charge in [-0.3, -0.25) is 19.2 Å². The molecule has 1 N–H and O–H groups in total. The van der Waals surface area contributed by atoms with Gasteiger partial charge in [0.2, 0.25) is 11.4 Å². The van der Waals surface area contributed by atoms with Crippen molar-refractivity contribution in [3.05, 3.63) is 69.4 Å². The normalized spacial score (nSPS) is 49.5. The number of carbonyl (C=O) groups is 4.